The van der Waals surface area contributed by atoms with Crippen LogP contribution in [-0.2, 0) is 6.61 Å². The summed E-state index contributed by atoms with van der Waals surface area (Å²) in [6.45, 7) is 0.264. The normalized spacial score (nSPS) is 10.5. The summed E-state index contributed by atoms with van der Waals surface area (Å²) in [7, 11) is 0. The molecule has 0 aliphatic carbocycles. The van der Waals surface area contributed by atoms with Gasteiger partial charge >= 0.3 is 0 Å². The number of hydrogen-bond donors (Lipinski definition) is 2. The third-order valence-corrected chi connectivity index (χ3v) is 3.37. The topological polar surface area (TPSA) is 85.2 Å². The number of aromatic nitrogens is 1. The van der Waals surface area contributed by atoms with Gasteiger partial charge in [0.15, 0.2) is 0 Å². The van der Waals surface area contributed by atoms with Gasteiger partial charge in [-0.2, -0.15) is 0 Å². The molecule has 0 unspecified atom stereocenters. The number of carbonyl (C=O) groups is 1. The molecule has 1 amide bonds. The van der Waals surface area contributed by atoms with Crippen molar-refractivity contribution >= 4 is 16.8 Å². The van der Waals surface area contributed by atoms with E-state index in [1.165, 1.54) is 6.07 Å². The van der Waals surface area contributed by atoms with Crippen LogP contribution in [0.4, 0.5) is 0 Å². The van der Waals surface area contributed by atoms with Crippen LogP contribution in [0.2, 0.25) is 0 Å². The van der Waals surface area contributed by atoms with Crippen molar-refractivity contribution in [2.45, 2.75) is 6.61 Å². The Morgan fingerprint density at radius 2 is 1.82 bits per heavy atom. The van der Waals surface area contributed by atoms with Crippen LogP contribution in [0.3, 0.4) is 0 Å². The van der Waals surface area contributed by atoms with Gasteiger partial charge in [-0.1, -0.05) is 18.2 Å². The lowest BCUT2D eigenvalue weighted by Gasteiger charge is -2.09. The van der Waals surface area contributed by atoms with E-state index in [1.807, 2.05) is 24.3 Å². The number of hydrogen-bond acceptors (Lipinski definition) is 3. The van der Waals surface area contributed by atoms with Gasteiger partial charge in [0.1, 0.15) is 12.4 Å². The fourth-order valence-electron chi connectivity index (χ4n) is 2.27. The van der Waals surface area contributed by atoms with Crippen molar-refractivity contribution in [1.82, 2.24) is 4.98 Å². The van der Waals surface area contributed by atoms with Gasteiger partial charge in [-0.25, -0.2) is 0 Å². The van der Waals surface area contributed by atoms with Crippen molar-refractivity contribution in [1.29, 1.82) is 0 Å². The third kappa shape index (κ3) is 2.83. The number of rotatable bonds is 4. The second-order valence-corrected chi connectivity index (χ2v) is 4.88. The Bertz CT molecular complexity index is 882. The highest BCUT2D eigenvalue weighted by molar-refractivity contribution is 5.92. The first kappa shape index (κ1) is 13.9. The predicted octanol–water partition coefficient (Wildman–Crippen LogP) is 2.21. The molecule has 0 aliphatic heterocycles. The molecule has 5 heteroatoms. The Morgan fingerprint density at radius 3 is 2.55 bits per heavy atom. The van der Waals surface area contributed by atoms with Gasteiger partial charge in [-0.15, -0.1) is 0 Å². The fourth-order valence-corrected chi connectivity index (χ4v) is 2.27. The van der Waals surface area contributed by atoms with Crippen molar-refractivity contribution in [3.05, 3.63) is 76.1 Å². The number of aromatic amines is 1. The lowest BCUT2D eigenvalue weighted by molar-refractivity contribution is 0.100. The van der Waals surface area contributed by atoms with Gasteiger partial charge in [0.05, 0.1) is 0 Å². The molecular formula is C17H14N2O3. The molecule has 0 saturated heterocycles. The molecule has 0 atom stereocenters. The molecule has 0 aliphatic rings. The summed E-state index contributed by atoms with van der Waals surface area (Å²) in [4.78, 5) is 25.5. The number of amides is 1. The summed E-state index contributed by atoms with van der Waals surface area (Å²) in [6.07, 6.45) is 0. The number of ether oxygens (including phenoxy) is 1. The number of nitrogens with two attached hydrogens (primary N) is 1. The van der Waals surface area contributed by atoms with Gasteiger partial charge in [0, 0.05) is 28.1 Å². The van der Waals surface area contributed by atoms with E-state index in [-0.39, 0.29) is 12.2 Å². The number of benzene rings is 2. The smallest absolute Gasteiger partial charge is 0.248 e. The SMILES string of the molecule is NC(=O)c1ccc(OCc2cc(=O)[nH]c3ccccc23)cc1. The number of fused-ring (bicyclic) bond motifs is 1. The highest BCUT2D eigenvalue weighted by Gasteiger charge is 2.05. The third-order valence-electron chi connectivity index (χ3n) is 3.37. The standard InChI is InChI=1S/C17H14N2O3/c18-17(21)11-5-7-13(8-6-11)22-10-12-9-16(20)19-15-4-2-1-3-14(12)15/h1-9H,10H2,(H2,18,21)(H,19,20). The van der Waals surface area contributed by atoms with Crippen molar-refractivity contribution in [3.8, 4) is 5.75 Å². The Balaban J connectivity index is 1.84. The molecule has 0 saturated carbocycles. The van der Waals surface area contributed by atoms with Crippen LogP contribution >= 0.6 is 0 Å². The zero-order valence-corrected chi connectivity index (χ0v) is 11.7. The Labute approximate surface area is 126 Å². The van der Waals surface area contributed by atoms with Gasteiger partial charge in [-0.05, 0) is 30.3 Å². The molecule has 5 nitrogen and oxygen atoms in total. The van der Waals surface area contributed by atoms with E-state index in [1.54, 1.807) is 24.3 Å². The van der Waals surface area contributed by atoms with Crippen LogP contribution < -0.4 is 16.0 Å². The maximum absolute atomic E-state index is 11.7. The summed E-state index contributed by atoms with van der Waals surface area (Å²) < 4.78 is 5.68. The predicted molar refractivity (Wildman–Crippen MR) is 83.9 cm³/mol. The number of nitrogens with one attached hydrogen (secondary N) is 1. The minimum Gasteiger partial charge on any atom is -0.489 e. The Morgan fingerprint density at radius 1 is 1.09 bits per heavy atom. The minimum absolute atomic E-state index is 0.165. The first-order valence-electron chi connectivity index (χ1n) is 6.77. The van der Waals surface area contributed by atoms with Crippen LogP contribution in [-0.4, -0.2) is 10.9 Å². The second-order valence-electron chi connectivity index (χ2n) is 4.88. The molecule has 2 aromatic carbocycles. The largest absolute Gasteiger partial charge is 0.489 e. The first-order chi connectivity index (χ1) is 10.6. The van der Waals surface area contributed by atoms with E-state index in [9.17, 15) is 9.59 Å². The number of carbonyl (C=O) groups excluding carboxylic acids is 1. The monoisotopic (exact) mass is 294 g/mol. The zero-order chi connectivity index (χ0) is 15.5. The maximum Gasteiger partial charge on any atom is 0.248 e. The highest BCUT2D eigenvalue weighted by atomic mass is 16.5. The molecule has 110 valence electrons. The number of primary amides is 1. The molecule has 0 radical (unpaired) electrons. The van der Waals surface area contributed by atoms with E-state index in [2.05, 4.69) is 4.98 Å². The molecule has 0 spiro atoms. The van der Waals surface area contributed by atoms with Crippen LogP contribution in [0.15, 0.2) is 59.4 Å². The fraction of sp³-hybridized carbons (Fsp3) is 0.0588. The van der Waals surface area contributed by atoms with Gasteiger partial charge in [0.2, 0.25) is 11.5 Å². The first-order valence-corrected chi connectivity index (χ1v) is 6.77. The van der Waals surface area contributed by atoms with Gasteiger partial charge in [-0.3, -0.25) is 9.59 Å². The quantitative estimate of drug-likeness (QED) is 0.773. The lowest BCUT2D eigenvalue weighted by atomic mass is 10.1. The van der Waals surface area contributed by atoms with Crippen LogP contribution in [0.5, 0.6) is 5.75 Å². The van der Waals surface area contributed by atoms with E-state index >= 15 is 0 Å². The van der Waals surface area contributed by atoms with E-state index < -0.39 is 5.91 Å². The van der Waals surface area contributed by atoms with Gasteiger partial charge < -0.3 is 15.5 Å². The van der Waals surface area contributed by atoms with Crippen molar-refractivity contribution in [2.75, 3.05) is 0 Å². The van der Waals surface area contributed by atoms with Crippen LogP contribution in [0.1, 0.15) is 15.9 Å². The number of H-pyrrole nitrogens is 1. The van der Waals surface area contributed by atoms with Crippen molar-refractivity contribution in [2.24, 2.45) is 5.73 Å². The van der Waals surface area contributed by atoms with E-state index in [0.29, 0.717) is 11.3 Å². The molecule has 3 aromatic rings. The molecule has 1 aromatic heterocycles. The maximum atomic E-state index is 11.7. The highest BCUT2D eigenvalue weighted by Crippen LogP contribution is 2.18. The van der Waals surface area contributed by atoms with Crippen LogP contribution in [0, 0.1) is 0 Å². The second kappa shape index (κ2) is 5.73. The molecule has 1 heterocycles. The lowest BCUT2D eigenvalue weighted by Crippen LogP contribution is -2.10. The summed E-state index contributed by atoms with van der Waals surface area (Å²) >= 11 is 0. The van der Waals surface area contributed by atoms with Crippen LogP contribution in [0.25, 0.3) is 10.9 Å². The minimum atomic E-state index is -0.480. The average molecular weight is 294 g/mol. The van der Waals surface area contributed by atoms with Crippen molar-refractivity contribution in [3.63, 3.8) is 0 Å². The molecule has 3 rings (SSSR count). The average Bonchev–Trinajstić information content (AvgIpc) is 2.52. The number of para-hydroxylation sites is 1. The molecule has 0 bridgehead atoms. The molecular weight excluding hydrogens is 280 g/mol. The zero-order valence-electron chi connectivity index (χ0n) is 11.7. The summed E-state index contributed by atoms with van der Waals surface area (Å²) in [5.41, 5.74) is 7.03. The summed E-state index contributed by atoms with van der Waals surface area (Å²) in [6, 6.07) is 15.6. The van der Waals surface area contributed by atoms with E-state index in [0.717, 1.165) is 16.5 Å². The summed E-state index contributed by atoms with van der Waals surface area (Å²) in [5, 5.41) is 0.941. The Hall–Kier alpha value is -3.08. The van der Waals surface area contributed by atoms with Crippen molar-refractivity contribution < 1.29 is 9.53 Å². The van der Waals surface area contributed by atoms with Gasteiger partial charge in [0.25, 0.3) is 0 Å². The Kier molecular flexibility index (Phi) is 3.62. The molecule has 0 fully saturated rings. The number of pyridine rings is 1. The van der Waals surface area contributed by atoms with E-state index in [4.69, 9.17) is 10.5 Å². The molecule has 3 N–H and O–H groups in total. The summed E-state index contributed by atoms with van der Waals surface area (Å²) in [5.74, 6) is 0.126. The molecule has 22 heavy (non-hydrogen) atoms.